The Morgan fingerprint density at radius 1 is 1.26 bits per heavy atom. The van der Waals surface area contributed by atoms with Gasteiger partial charge in [-0.2, -0.15) is 0 Å². The number of thiazole rings is 1. The van der Waals surface area contributed by atoms with Gasteiger partial charge in [0, 0.05) is 24.7 Å². The molecule has 1 N–H and O–H groups in total. The molecular weight excluding hydrogens is 372 g/mol. The minimum absolute atomic E-state index is 0.0108. The van der Waals surface area contributed by atoms with Gasteiger partial charge in [-0.3, -0.25) is 9.59 Å². The molecule has 1 aliphatic heterocycles. The quantitative estimate of drug-likeness (QED) is 0.742. The summed E-state index contributed by atoms with van der Waals surface area (Å²) >= 11 is 1.57. The van der Waals surface area contributed by atoms with E-state index >= 15 is 0 Å². The SMILES string of the molecule is Cc1nc2cc(N3CC(C(=O)Nc4cc(F)ccc4F)CC3=O)ccc2s1. The number of aromatic nitrogens is 1. The number of aryl methyl sites for hydroxylation is 1. The average Bonchev–Trinajstić information content (AvgIpc) is 3.19. The van der Waals surface area contributed by atoms with Crippen molar-refractivity contribution in [1.29, 1.82) is 0 Å². The third-order valence-corrected chi connectivity index (χ3v) is 5.42. The van der Waals surface area contributed by atoms with Crippen LogP contribution in [0.15, 0.2) is 36.4 Å². The monoisotopic (exact) mass is 387 g/mol. The molecule has 138 valence electrons. The van der Waals surface area contributed by atoms with Crippen molar-refractivity contribution >= 4 is 44.7 Å². The Balaban J connectivity index is 1.52. The lowest BCUT2D eigenvalue weighted by Gasteiger charge is -2.17. The maximum Gasteiger partial charge on any atom is 0.229 e. The highest BCUT2D eigenvalue weighted by Crippen LogP contribution is 2.30. The first-order valence-electron chi connectivity index (χ1n) is 8.34. The second-order valence-corrected chi connectivity index (χ2v) is 7.64. The zero-order valence-electron chi connectivity index (χ0n) is 14.3. The van der Waals surface area contributed by atoms with Crippen molar-refractivity contribution in [1.82, 2.24) is 4.98 Å². The van der Waals surface area contributed by atoms with Crippen molar-refractivity contribution in [3.05, 3.63) is 53.0 Å². The van der Waals surface area contributed by atoms with Crippen molar-refractivity contribution < 1.29 is 18.4 Å². The van der Waals surface area contributed by atoms with Crippen molar-refractivity contribution in [2.45, 2.75) is 13.3 Å². The maximum atomic E-state index is 13.7. The Bertz CT molecular complexity index is 1070. The van der Waals surface area contributed by atoms with E-state index in [0.717, 1.165) is 33.4 Å². The van der Waals surface area contributed by atoms with Crippen molar-refractivity contribution in [3.63, 3.8) is 0 Å². The smallest absolute Gasteiger partial charge is 0.229 e. The summed E-state index contributed by atoms with van der Waals surface area (Å²) in [5.74, 6) is -2.73. The number of benzene rings is 2. The van der Waals surface area contributed by atoms with E-state index in [1.807, 2.05) is 25.1 Å². The predicted octanol–water partition coefficient (Wildman–Crippen LogP) is 3.87. The van der Waals surface area contributed by atoms with Crippen LogP contribution >= 0.6 is 11.3 Å². The van der Waals surface area contributed by atoms with E-state index in [4.69, 9.17) is 0 Å². The highest BCUT2D eigenvalue weighted by Gasteiger charge is 2.35. The predicted molar refractivity (Wildman–Crippen MR) is 99.8 cm³/mol. The van der Waals surface area contributed by atoms with Crippen LogP contribution in [-0.4, -0.2) is 23.3 Å². The molecule has 1 aliphatic rings. The van der Waals surface area contributed by atoms with Crippen LogP contribution in [0.2, 0.25) is 0 Å². The Kier molecular flexibility index (Phi) is 4.35. The number of nitrogens with one attached hydrogen (secondary N) is 1. The average molecular weight is 387 g/mol. The van der Waals surface area contributed by atoms with Crippen LogP contribution in [-0.2, 0) is 9.59 Å². The third kappa shape index (κ3) is 3.40. The van der Waals surface area contributed by atoms with Crippen molar-refractivity contribution in [3.8, 4) is 0 Å². The molecule has 1 aromatic heterocycles. The normalized spacial score (nSPS) is 16.9. The number of fused-ring (bicyclic) bond motifs is 1. The summed E-state index contributed by atoms with van der Waals surface area (Å²) in [6, 6.07) is 8.39. The summed E-state index contributed by atoms with van der Waals surface area (Å²) in [5, 5.41) is 3.31. The van der Waals surface area contributed by atoms with Crippen LogP contribution < -0.4 is 10.2 Å². The zero-order valence-corrected chi connectivity index (χ0v) is 15.1. The number of nitrogens with zero attached hydrogens (tertiary/aromatic N) is 2. The molecule has 1 unspecified atom stereocenters. The fourth-order valence-electron chi connectivity index (χ4n) is 3.16. The van der Waals surface area contributed by atoms with Gasteiger partial charge in [0.2, 0.25) is 11.8 Å². The van der Waals surface area contributed by atoms with Crippen LogP contribution in [0, 0.1) is 24.5 Å². The third-order valence-electron chi connectivity index (χ3n) is 4.47. The van der Waals surface area contributed by atoms with Crippen LogP contribution in [0.4, 0.5) is 20.2 Å². The van der Waals surface area contributed by atoms with Crippen LogP contribution in [0.3, 0.4) is 0 Å². The molecule has 3 aromatic rings. The Morgan fingerprint density at radius 2 is 2.07 bits per heavy atom. The Labute approximate surface area is 157 Å². The highest BCUT2D eigenvalue weighted by molar-refractivity contribution is 7.18. The van der Waals surface area contributed by atoms with E-state index in [-0.39, 0.29) is 24.6 Å². The summed E-state index contributed by atoms with van der Waals surface area (Å²) in [6.07, 6.45) is 0.0108. The summed E-state index contributed by atoms with van der Waals surface area (Å²) in [4.78, 5) is 30.8. The summed E-state index contributed by atoms with van der Waals surface area (Å²) < 4.78 is 28.0. The molecule has 27 heavy (non-hydrogen) atoms. The fourth-order valence-corrected chi connectivity index (χ4v) is 3.97. The molecule has 0 saturated carbocycles. The minimum Gasteiger partial charge on any atom is -0.323 e. The van der Waals surface area contributed by atoms with E-state index in [9.17, 15) is 18.4 Å². The molecule has 0 bridgehead atoms. The number of carbonyl (C=O) groups excluding carboxylic acids is 2. The molecule has 0 spiro atoms. The Hall–Kier alpha value is -2.87. The maximum absolute atomic E-state index is 13.7. The van der Waals surface area contributed by atoms with Crippen molar-refractivity contribution in [2.75, 3.05) is 16.8 Å². The molecule has 1 saturated heterocycles. The Morgan fingerprint density at radius 3 is 2.89 bits per heavy atom. The molecule has 2 amide bonds. The van der Waals surface area contributed by atoms with E-state index in [0.29, 0.717) is 5.69 Å². The molecular formula is C19H15F2N3O2S. The van der Waals surface area contributed by atoms with Crippen LogP contribution in [0.1, 0.15) is 11.4 Å². The second-order valence-electron chi connectivity index (χ2n) is 6.40. The molecule has 1 fully saturated rings. The number of rotatable bonds is 3. The summed E-state index contributed by atoms with van der Waals surface area (Å²) in [5.41, 5.74) is 1.24. The van der Waals surface area contributed by atoms with Gasteiger partial charge in [-0.15, -0.1) is 11.3 Å². The van der Waals surface area contributed by atoms with Gasteiger partial charge in [-0.1, -0.05) is 0 Å². The van der Waals surface area contributed by atoms with Crippen LogP contribution in [0.5, 0.6) is 0 Å². The van der Waals surface area contributed by atoms with Gasteiger partial charge >= 0.3 is 0 Å². The summed E-state index contributed by atoms with van der Waals surface area (Å²) in [7, 11) is 0. The fraction of sp³-hybridized carbons (Fsp3) is 0.211. The summed E-state index contributed by atoms with van der Waals surface area (Å²) in [6.45, 7) is 2.09. The van der Waals surface area contributed by atoms with Gasteiger partial charge in [-0.05, 0) is 37.3 Å². The molecule has 2 aromatic carbocycles. The number of hydrogen-bond donors (Lipinski definition) is 1. The number of halogens is 2. The lowest BCUT2D eigenvalue weighted by Crippen LogP contribution is -2.28. The highest BCUT2D eigenvalue weighted by atomic mass is 32.1. The standard InChI is InChI=1S/C19H15F2N3O2S/c1-10-22-16-8-13(3-5-17(16)27-10)24-9-11(6-18(24)25)19(26)23-15-7-12(20)2-4-14(15)21/h2-5,7-8,11H,6,9H2,1H3,(H,23,26). The van der Waals surface area contributed by atoms with E-state index < -0.39 is 23.5 Å². The number of anilines is 2. The number of amides is 2. The lowest BCUT2D eigenvalue weighted by molar-refractivity contribution is -0.122. The number of carbonyl (C=O) groups is 2. The van der Waals surface area contributed by atoms with Gasteiger partial charge in [0.1, 0.15) is 11.6 Å². The van der Waals surface area contributed by atoms with Crippen LogP contribution in [0.25, 0.3) is 10.2 Å². The first-order chi connectivity index (χ1) is 12.9. The molecule has 0 radical (unpaired) electrons. The zero-order chi connectivity index (χ0) is 19.1. The van der Waals surface area contributed by atoms with Gasteiger partial charge in [0.05, 0.1) is 26.8 Å². The largest absolute Gasteiger partial charge is 0.323 e. The van der Waals surface area contributed by atoms with E-state index in [2.05, 4.69) is 10.3 Å². The van der Waals surface area contributed by atoms with E-state index in [1.54, 1.807) is 11.3 Å². The van der Waals surface area contributed by atoms with Gasteiger partial charge in [0.25, 0.3) is 0 Å². The molecule has 8 heteroatoms. The molecule has 5 nitrogen and oxygen atoms in total. The van der Waals surface area contributed by atoms with E-state index in [1.165, 1.54) is 4.90 Å². The second kappa shape index (κ2) is 6.70. The molecule has 1 atom stereocenters. The minimum atomic E-state index is -0.727. The first-order valence-corrected chi connectivity index (χ1v) is 9.16. The lowest BCUT2D eigenvalue weighted by atomic mass is 10.1. The van der Waals surface area contributed by atoms with Gasteiger partial charge < -0.3 is 10.2 Å². The molecule has 4 rings (SSSR count). The molecule has 2 heterocycles. The number of hydrogen-bond acceptors (Lipinski definition) is 4. The topological polar surface area (TPSA) is 62.3 Å². The first kappa shape index (κ1) is 17.5. The molecule has 0 aliphatic carbocycles. The van der Waals surface area contributed by atoms with Gasteiger partial charge in [-0.25, -0.2) is 13.8 Å². The van der Waals surface area contributed by atoms with Gasteiger partial charge in [0.15, 0.2) is 0 Å². The van der Waals surface area contributed by atoms with Crippen molar-refractivity contribution in [2.24, 2.45) is 5.92 Å².